The first kappa shape index (κ1) is 12.0. The summed E-state index contributed by atoms with van der Waals surface area (Å²) in [5.74, 6) is -0.338. The summed E-state index contributed by atoms with van der Waals surface area (Å²) in [5.41, 5.74) is 0. The average molecular weight is 321 g/mol. The second-order valence-corrected chi connectivity index (χ2v) is 5.83. The van der Waals surface area contributed by atoms with Crippen LogP contribution in [0.5, 0.6) is 0 Å². The number of halogens is 1. The Morgan fingerprint density at radius 1 is 1.40 bits per heavy atom. The van der Waals surface area contributed by atoms with Crippen molar-refractivity contribution in [3.63, 3.8) is 0 Å². The number of nitrogens with zero attached hydrogens (tertiary/aromatic N) is 1. The average Bonchev–Trinajstić information content (AvgIpc) is 2.25. The molecule has 0 aromatic heterocycles. The van der Waals surface area contributed by atoms with Crippen LogP contribution in [0.1, 0.15) is 13.8 Å². The Labute approximate surface area is 96.7 Å². The van der Waals surface area contributed by atoms with Crippen LogP contribution in [0.4, 0.5) is 0 Å². The van der Waals surface area contributed by atoms with E-state index >= 15 is 0 Å². The van der Waals surface area contributed by atoms with E-state index < -0.39 is 20.6 Å². The molecule has 1 aromatic carbocycles. The van der Waals surface area contributed by atoms with Gasteiger partial charge in [0.05, 0.1) is 0 Å². The van der Waals surface area contributed by atoms with Crippen LogP contribution in [0.15, 0.2) is 35.5 Å². The van der Waals surface area contributed by atoms with Crippen molar-refractivity contribution < 1.29 is 11.0 Å². The summed E-state index contributed by atoms with van der Waals surface area (Å²) < 4.78 is 11.2. The SMILES string of the molecule is C/C=N/OI(OC(C)=O)c1ccccc1. The molecule has 0 fully saturated rings. The fraction of sp³-hybridized carbons (Fsp3) is 0.200. The number of carbonyl (C=O) groups is 1. The fourth-order valence-electron chi connectivity index (χ4n) is 0.791. The first-order valence-corrected chi connectivity index (χ1v) is 7.17. The monoisotopic (exact) mass is 321 g/mol. The molecule has 1 rings (SSSR count). The van der Waals surface area contributed by atoms with Crippen molar-refractivity contribution in [1.29, 1.82) is 0 Å². The van der Waals surface area contributed by atoms with Crippen molar-refractivity contribution in [3.05, 3.63) is 33.9 Å². The topological polar surface area (TPSA) is 47.9 Å². The Hall–Kier alpha value is -1.11. The first-order valence-electron chi connectivity index (χ1n) is 4.33. The predicted octanol–water partition coefficient (Wildman–Crippen LogP) is 2.78. The number of hydrogen-bond acceptors (Lipinski definition) is 4. The molecule has 0 amide bonds. The molecule has 0 unspecified atom stereocenters. The molecule has 0 atom stereocenters. The molecule has 5 heteroatoms. The quantitative estimate of drug-likeness (QED) is 0.487. The van der Waals surface area contributed by atoms with E-state index in [9.17, 15) is 4.79 Å². The van der Waals surface area contributed by atoms with Gasteiger partial charge in [-0.2, -0.15) is 0 Å². The van der Waals surface area contributed by atoms with Gasteiger partial charge in [-0.1, -0.05) is 0 Å². The third-order valence-corrected chi connectivity index (χ3v) is 4.64. The van der Waals surface area contributed by atoms with E-state index in [4.69, 9.17) is 6.23 Å². The zero-order valence-corrected chi connectivity index (χ0v) is 10.7. The van der Waals surface area contributed by atoms with Crippen LogP contribution >= 0.6 is 20.6 Å². The van der Waals surface area contributed by atoms with Gasteiger partial charge in [-0.15, -0.1) is 0 Å². The van der Waals surface area contributed by atoms with Crippen LogP contribution in [0.3, 0.4) is 0 Å². The molecular weight excluding hydrogens is 309 g/mol. The number of benzene rings is 1. The Bertz CT molecular complexity index is 340. The van der Waals surface area contributed by atoms with Gasteiger partial charge in [-0.3, -0.25) is 0 Å². The Kier molecular flexibility index (Phi) is 5.09. The minimum absolute atomic E-state index is 0.338. The van der Waals surface area contributed by atoms with Crippen molar-refractivity contribution in [2.75, 3.05) is 0 Å². The molecule has 1 aromatic rings. The van der Waals surface area contributed by atoms with Crippen LogP contribution in [0.2, 0.25) is 0 Å². The Morgan fingerprint density at radius 2 is 2.07 bits per heavy atom. The number of carbonyl (C=O) groups excluding carboxylic acids is 1. The molecule has 0 saturated heterocycles. The van der Waals surface area contributed by atoms with Crippen LogP contribution in [0, 0.1) is 3.57 Å². The van der Waals surface area contributed by atoms with E-state index in [0.29, 0.717) is 0 Å². The van der Waals surface area contributed by atoms with Gasteiger partial charge in [-0.25, -0.2) is 0 Å². The molecule has 0 aliphatic carbocycles. The molecule has 0 spiro atoms. The van der Waals surface area contributed by atoms with Gasteiger partial charge in [-0.05, 0) is 0 Å². The zero-order valence-electron chi connectivity index (χ0n) is 8.51. The van der Waals surface area contributed by atoms with E-state index in [1.165, 1.54) is 13.1 Å². The molecule has 0 aliphatic rings. The molecule has 0 radical (unpaired) electrons. The first-order chi connectivity index (χ1) is 7.24. The zero-order chi connectivity index (χ0) is 11.1. The Morgan fingerprint density at radius 3 is 2.60 bits per heavy atom. The minimum atomic E-state index is -2.40. The summed E-state index contributed by atoms with van der Waals surface area (Å²) in [6, 6.07) is 9.40. The van der Waals surface area contributed by atoms with Crippen LogP contribution in [-0.4, -0.2) is 12.2 Å². The molecular formula is C10H12INO3. The molecule has 0 aliphatic heterocycles. The van der Waals surface area contributed by atoms with Gasteiger partial charge in [0.25, 0.3) is 0 Å². The van der Waals surface area contributed by atoms with Gasteiger partial charge in [0, 0.05) is 0 Å². The van der Waals surface area contributed by atoms with Crippen molar-refractivity contribution in [2.45, 2.75) is 13.8 Å². The fourth-order valence-corrected chi connectivity index (χ4v) is 3.35. The standard InChI is InChI=1S/C10H12INO3/c1-3-12-15-11(14-9(2)13)10-7-5-4-6-8-10/h3-8H,1-2H3/b12-3+. The second-order valence-electron chi connectivity index (χ2n) is 2.51. The van der Waals surface area contributed by atoms with Crippen molar-refractivity contribution in [1.82, 2.24) is 0 Å². The van der Waals surface area contributed by atoms with E-state index in [2.05, 4.69) is 5.16 Å². The maximum absolute atomic E-state index is 10.9. The van der Waals surface area contributed by atoms with Gasteiger partial charge in [0.2, 0.25) is 0 Å². The predicted molar refractivity (Wildman–Crippen MR) is 66.2 cm³/mol. The van der Waals surface area contributed by atoms with Gasteiger partial charge in [0.1, 0.15) is 0 Å². The molecule has 0 saturated carbocycles. The molecule has 4 nitrogen and oxygen atoms in total. The third-order valence-electron chi connectivity index (χ3n) is 1.30. The number of hydrogen-bond donors (Lipinski definition) is 0. The van der Waals surface area contributed by atoms with Crippen molar-refractivity contribution >= 4 is 32.8 Å². The summed E-state index contributed by atoms with van der Waals surface area (Å²) >= 11 is -2.40. The summed E-state index contributed by atoms with van der Waals surface area (Å²) in [6.45, 7) is 3.11. The van der Waals surface area contributed by atoms with Gasteiger partial charge in [0.15, 0.2) is 0 Å². The number of rotatable bonds is 4. The second kappa shape index (κ2) is 6.39. The maximum atomic E-state index is 10.9. The summed E-state index contributed by atoms with van der Waals surface area (Å²) in [6.07, 6.45) is 1.52. The van der Waals surface area contributed by atoms with Gasteiger partial charge < -0.3 is 0 Å². The van der Waals surface area contributed by atoms with E-state index in [1.54, 1.807) is 6.92 Å². The summed E-state index contributed by atoms with van der Waals surface area (Å²) in [5, 5.41) is 3.67. The molecule has 0 bridgehead atoms. The number of oxime groups is 1. The van der Waals surface area contributed by atoms with Crippen LogP contribution in [0.25, 0.3) is 0 Å². The van der Waals surface area contributed by atoms with E-state index in [-0.39, 0.29) is 5.97 Å². The van der Waals surface area contributed by atoms with Gasteiger partial charge >= 0.3 is 96.8 Å². The molecule has 82 valence electrons. The third kappa shape index (κ3) is 4.28. The van der Waals surface area contributed by atoms with Crippen molar-refractivity contribution in [3.8, 4) is 0 Å². The van der Waals surface area contributed by atoms with E-state index in [1.807, 2.05) is 30.3 Å². The molecule has 15 heavy (non-hydrogen) atoms. The summed E-state index contributed by atoms with van der Waals surface area (Å²) in [7, 11) is 0. The Balaban J connectivity index is 2.76. The van der Waals surface area contributed by atoms with Crippen LogP contribution < -0.4 is 0 Å². The summed E-state index contributed by atoms with van der Waals surface area (Å²) in [4.78, 5) is 10.9. The normalized spacial score (nSPS) is 11.2. The van der Waals surface area contributed by atoms with Crippen LogP contribution in [-0.2, 0) is 11.0 Å². The molecule has 0 N–H and O–H groups in total. The molecule has 0 heterocycles. The van der Waals surface area contributed by atoms with Crippen molar-refractivity contribution in [2.24, 2.45) is 5.16 Å². The van der Waals surface area contributed by atoms with E-state index in [0.717, 1.165) is 3.57 Å².